The van der Waals surface area contributed by atoms with E-state index in [2.05, 4.69) is 10.1 Å². The molecule has 1 aliphatic rings. The number of carbonyl (C=O) groups excluding carboxylic acids is 1. The van der Waals surface area contributed by atoms with Gasteiger partial charge in [0, 0.05) is 6.04 Å². The van der Waals surface area contributed by atoms with Gasteiger partial charge in [-0.1, -0.05) is 12.8 Å². The lowest BCUT2D eigenvalue weighted by Gasteiger charge is -2.09. The summed E-state index contributed by atoms with van der Waals surface area (Å²) in [4.78, 5) is 19.2. The molecule has 1 amide bonds. The van der Waals surface area contributed by atoms with Gasteiger partial charge in [0.05, 0.1) is 7.11 Å². The van der Waals surface area contributed by atoms with Crippen molar-refractivity contribution in [3.63, 3.8) is 0 Å². The second-order valence-electron chi connectivity index (χ2n) is 2.90. The highest BCUT2D eigenvalue weighted by Gasteiger charge is 2.16. The number of nitrogens with one attached hydrogen (secondary N) is 1. The van der Waals surface area contributed by atoms with Gasteiger partial charge < -0.3 is 20.3 Å². The van der Waals surface area contributed by atoms with Gasteiger partial charge in [0.25, 0.3) is 0 Å². The third-order valence-electron chi connectivity index (χ3n) is 1.86. The highest BCUT2D eigenvalue weighted by Crippen LogP contribution is 2.17. The molecule has 0 unspecified atom stereocenters. The van der Waals surface area contributed by atoms with E-state index >= 15 is 0 Å². The Hall–Kier alpha value is -1.46. The van der Waals surface area contributed by atoms with Crippen LogP contribution < -0.4 is 5.32 Å². The second-order valence-corrected chi connectivity index (χ2v) is 2.90. The predicted molar refractivity (Wildman–Crippen MR) is 48.5 cm³/mol. The van der Waals surface area contributed by atoms with E-state index in [4.69, 9.17) is 15.0 Å². The molecule has 82 valence electrons. The molecule has 1 rings (SSSR count). The molecule has 0 aliphatic heterocycles. The van der Waals surface area contributed by atoms with Crippen molar-refractivity contribution >= 4 is 12.2 Å². The molecule has 14 heavy (non-hydrogen) atoms. The van der Waals surface area contributed by atoms with Crippen LogP contribution in [0.25, 0.3) is 0 Å². The maximum atomic E-state index is 10.6. The minimum atomic E-state index is -1.83. The van der Waals surface area contributed by atoms with E-state index in [0.717, 1.165) is 12.8 Å². The molecule has 0 spiro atoms. The number of methoxy groups -OCH3 is 1. The van der Waals surface area contributed by atoms with Crippen LogP contribution in [-0.2, 0) is 4.74 Å². The molecule has 0 saturated heterocycles. The van der Waals surface area contributed by atoms with Crippen LogP contribution in [0.3, 0.4) is 0 Å². The molecule has 3 N–H and O–H groups in total. The first-order valence-electron chi connectivity index (χ1n) is 4.32. The van der Waals surface area contributed by atoms with Gasteiger partial charge >= 0.3 is 12.2 Å². The number of amides is 1. The molecule has 0 aromatic rings. The summed E-state index contributed by atoms with van der Waals surface area (Å²) >= 11 is 0. The summed E-state index contributed by atoms with van der Waals surface area (Å²) in [6.07, 6.45) is 2.54. The van der Waals surface area contributed by atoms with Crippen molar-refractivity contribution in [2.75, 3.05) is 7.11 Å². The monoisotopic (exact) mass is 205 g/mol. The van der Waals surface area contributed by atoms with Gasteiger partial charge in [0.2, 0.25) is 0 Å². The van der Waals surface area contributed by atoms with Crippen molar-refractivity contribution in [2.45, 2.75) is 31.7 Å². The molecular formula is C8H15NO5. The van der Waals surface area contributed by atoms with Crippen molar-refractivity contribution in [2.24, 2.45) is 0 Å². The summed E-state index contributed by atoms with van der Waals surface area (Å²) < 4.78 is 4.46. The molecule has 0 bridgehead atoms. The fourth-order valence-corrected chi connectivity index (χ4v) is 1.30. The number of carboxylic acid groups (broad SMARTS) is 2. The number of hydrogen-bond donors (Lipinski definition) is 3. The zero-order chi connectivity index (χ0) is 11.0. The summed E-state index contributed by atoms with van der Waals surface area (Å²) in [5.41, 5.74) is 0. The molecule has 0 heterocycles. The minimum Gasteiger partial charge on any atom is -0.453 e. The quantitative estimate of drug-likeness (QED) is 0.603. The highest BCUT2D eigenvalue weighted by molar-refractivity contribution is 5.67. The molecule has 6 nitrogen and oxygen atoms in total. The number of carbonyl (C=O) groups is 2. The number of alkyl carbamates (subject to hydrolysis) is 1. The molecule has 0 atom stereocenters. The zero-order valence-electron chi connectivity index (χ0n) is 8.02. The molecule has 6 heteroatoms. The Labute approximate surface area is 81.9 Å². The average molecular weight is 205 g/mol. The van der Waals surface area contributed by atoms with Crippen LogP contribution in [-0.4, -0.2) is 35.6 Å². The normalized spacial score (nSPS) is 15.2. The molecular weight excluding hydrogens is 190 g/mol. The van der Waals surface area contributed by atoms with Gasteiger partial charge in [-0.2, -0.15) is 0 Å². The van der Waals surface area contributed by atoms with Crippen LogP contribution in [0.2, 0.25) is 0 Å². The van der Waals surface area contributed by atoms with E-state index in [1.165, 1.54) is 20.0 Å². The van der Waals surface area contributed by atoms with E-state index in [-0.39, 0.29) is 6.09 Å². The van der Waals surface area contributed by atoms with Crippen LogP contribution in [0.15, 0.2) is 0 Å². The van der Waals surface area contributed by atoms with Crippen molar-refractivity contribution in [3.05, 3.63) is 0 Å². The first-order valence-corrected chi connectivity index (χ1v) is 4.32. The van der Waals surface area contributed by atoms with E-state index in [1.807, 2.05) is 0 Å². The molecule has 0 aromatic heterocycles. The Bertz CT molecular complexity index is 184. The zero-order valence-corrected chi connectivity index (χ0v) is 8.02. The molecule has 1 fully saturated rings. The lowest BCUT2D eigenvalue weighted by Crippen LogP contribution is -2.32. The molecule has 1 aliphatic carbocycles. The Balaban J connectivity index is 0.000000364. The lowest BCUT2D eigenvalue weighted by molar-refractivity contribution is 0.137. The van der Waals surface area contributed by atoms with Crippen LogP contribution in [0.1, 0.15) is 25.7 Å². The van der Waals surface area contributed by atoms with E-state index in [1.54, 1.807) is 0 Å². The number of hydrogen-bond acceptors (Lipinski definition) is 3. The van der Waals surface area contributed by atoms with Crippen molar-refractivity contribution in [1.29, 1.82) is 0 Å². The molecule has 0 radical (unpaired) electrons. The Morgan fingerprint density at radius 2 is 1.71 bits per heavy atom. The van der Waals surface area contributed by atoms with Crippen molar-refractivity contribution < 1.29 is 24.5 Å². The molecule has 0 aromatic carbocycles. The van der Waals surface area contributed by atoms with Gasteiger partial charge in [-0.15, -0.1) is 0 Å². The fourth-order valence-electron chi connectivity index (χ4n) is 1.30. The van der Waals surface area contributed by atoms with Gasteiger partial charge in [-0.25, -0.2) is 9.59 Å². The highest BCUT2D eigenvalue weighted by atomic mass is 16.6. The lowest BCUT2D eigenvalue weighted by atomic mass is 10.3. The Morgan fingerprint density at radius 1 is 1.29 bits per heavy atom. The summed E-state index contributed by atoms with van der Waals surface area (Å²) in [7, 11) is 1.39. The maximum absolute atomic E-state index is 10.6. The topological polar surface area (TPSA) is 95.9 Å². The van der Waals surface area contributed by atoms with E-state index in [9.17, 15) is 4.79 Å². The summed E-state index contributed by atoms with van der Waals surface area (Å²) in [6, 6.07) is 0.368. The van der Waals surface area contributed by atoms with Crippen LogP contribution in [0, 0.1) is 0 Å². The minimum absolute atomic E-state index is 0.299. The van der Waals surface area contributed by atoms with Crippen molar-refractivity contribution in [3.8, 4) is 0 Å². The standard InChI is InChI=1S/C7H13NO2.CH2O3/c1-10-7(9)8-6-4-2-3-5-6;2-1(3)4/h6H,2-5H2,1H3,(H,8,9);(H2,2,3,4). The van der Waals surface area contributed by atoms with Gasteiger partial charge in [-0.05, 0) is 12.8 Å². The van der Waals surface area contributed by atoms with Crippen molar-refractivity contribution in [1.82, 2.24) is 5.32 Å². The largest absolute Gasteiger partial charge is 0.503 e. The van der Waals surface area contributed by atoms with E-state index in [0.29, 0.717) is 6.04 Å². The first-order chi connectivity index (χ1) is 6.56. The third kappa shape index (κ3) is 7.20. The summed E-state index contributed by atoms with van der Waals surface area (Å²) in [6.45, 7) is 0. The summed E-state index contributed by atoms with van der Waals surface area (Å²) in [5.74, 6) is 0. The Kier molecular flexibility index (Phi) is 6.26. The predicted octanol–water partition coefficient (Wildman–Crippen LogP) is 1.51. The van der Waals surface area contributed by atoms with Gasteiger partial charge in [0.1, 0.15) is 0 Å². The fraction of sp³-hybridized carbons (Fsp3) is 0.750. The van der Waals surface area contributed by atoms with Crippen LogP contribution >= 0.6 is 0 Å². The first kappa shape index (κ1) is 12.5. The smallest absolute Gasteiger partial charge is 0.453 e. The number of ether oxygens (including phenoxy) is 1. The second kappa shape index (κ2) is 6.99. The summed E-state index contributed by atoms with van der Waals surface area (Å²) in [5, 5.41) is 16.7. The molecule has 1 saturated carbocycles. The Morgan fingerprint density at radius 3 is 2.07 bits per heavy atom. The van der Waals surface area contributed by atoms with Gasteiger partial charge in [0.15, 0.2) is 0 Å². The van der Waals surface area contributed by atoms with E-state index < -0.39 is 6.16 Å². The maximum Gasteiger partial charge on any atom is 0.503 e. The average Bonchev–Trinajstić information content (AvgIpc) is 2.55. The van der Waals surface area contributed by atoms with Gasteiger partial charge in [-0.3, -0.25) is 0 Å². The van der Waals surface area contributed by atoms with Crippen LogP contribution in [0.4, 0.5) is 9.59 Å². The van der Waals surface area contributed by atoms with Crippen LogP contribution in [0.5, 0.6) is 0 Å². The third-order valence-corrected chi connectivity index (χ3v) is 1.86. The SMILES string of the molecule is COC(=O)NC1CCCC1.O=C(O)O. The number of rotatable bonds is 1.